The van der Waals surface area contributed by atoms with Crippen LogP contribution in [0.3, 0.4) is 0 Å². The van der Waals surface area contributed by atoms with Crippen molar-refractivity contribution in [3.8, 4) is 11.1 Å². The van der Waals surface area contributed by atoms with Gasteiger partial charge in [-0.15, -0.1) is 11.8 Å². The summed E-state index contributed by atoms with van der Waals surface area (Å²) in [6, 6.07) is 13.7. The number of imide groups is 1. The maximum absolute atomic E-state index is 15.6. The molecule has 1 aromatic heterocycles. The quantitative estimate of drug-likeness (QED) is 0.0275. The molecule has 0 aliphatic carbocycles. The number of ether oxygens (including phenoxy) is 9. The fourth-order valence-electron chi connectivity index (χ4n) is 9.01. The zero-order valence-electron chi connectivity index (χ0n) is 54.5. The molecule has 2 atom stereocenters. The third-order valence-corrected chi connectivity index (χ3v) is 16.4. The Bertz CT molecular complexity index is 2790. The van der Waals surface area contributed by atoms with E-state index in [0.29, 0.717) is 30.8 Å². The van der Waals surface area contributed by atoms with Gasteiger partial charge < -0.3 is 78.5 Å². The Hall–Kier alpha value is -6.67. The summed E-state index contributed by atoms with van der Waals surface area (Å²) in [5.41, 5.74) is 1.36. The van der Waals surface area contributed by atoms with Crippen molar-refractivity contribution >= 4 is 67.3 Å². The van der Waals surface area contributed by atoms with Gasteiger partial charge in [0.2, 0.25) is 23.6 Å². The molecule has 4 rings (SSSR count). The third-order valence-electron chi connectivity index (χ3n) is 13.7. The minimum absolute atomic E-state index is 0.00792. The van der Waals surface area contributed by atoms with Crippen molar-refractivity contribution in [1.82, 2.24) is 35.6 Å². The summed E-state index contributed by atoms with van der Waals surface area (Å²) >= 11 is 1.14. The lowest BCUT2D eigenvalue weighted by molar-refractivity contribution is -0.141. The second-order valence-corrected chi connectivity index (χ2v) is 30.3. The van der Waals surface area contributed by atoms with E-state index in [1.807, 2.05) is 55.7 Å². The maximum Gasteiger partial charge on any atom is 0.407 e. The van der Waals surface area contributed by atoms with E-state index in [1.54, 1.807) is 17.2 Å². The summed E-state index contributed by atoms with van der Waals surface area (Å²) < 4.78 is 81.7. The normalized spacial score (nSPS) is 13.1. The van der Waals surface area contributed by atoms with Crippen LogP contribution in [-0.2, 0) is 82.7 Å². The highest BCUT2D eigenvalue weighted by Crippen LogP contribution is 2.41. The van der Waals surface area contributed by atoms with E-state index in [9.17, 15) is 38.0 Å². The SMILES string of the molecule is CC(C)(C)[C@H](c1cc(-c2cc(F)ccc2F)cn1Cc1ccccc1)N(CCCNC(=O)OCC[Si](C)(C)C)C(=O)CSC[C@H](NC(=O)CCOCCOCCOCCOCCNC(=O)CN1C(=O)C=CC1=O)C(=O)NCCOCCOCCOCCOCCC(=O)O. The van der Waals surface area contributed by atoms with Gasteiger partial charge in [0, 0.05) is 88.1 Å². The Morgan fingerprint density at radius 2 is 1.20 bits per heavy atom. The summed E-state index contributed by atoms with van der Waals surface area (Å²) in [6.07, 6.45) is 3.53. The Morgan fingerprint density at radius 3 is 1.76 bits per heavy atom. The number of thioether (sulfide) groups is 1. The smallest absolute Gasteiger partial charge is 0.407 e. The fourth-order valence-corrected chi connectivity index (χ4v) is 10.7. The van der Waals surface area contributed by atoms with Crippen molar-refractivity contribution in [3.63, 3.8) is 0 Å². The molecule has 0 spiro atoms. The molecule has 93 heavy (non-hydrogen) atoms. The fraction of sp³-hybridized carbons (Fsp3) is 0.594. The van der Waals surface area contributed by atoms with E-state index >= 15 is 9.18 Å². The Balaban J connectivity index is 1.36. The largest absolute Gasteiger partial charge is 0.481 e. The number of nitrogens with zero attached hydrogens (tertiary/aromatic N) is 3. The molecule has 1 aliphatic rings. The van der Waals surface area contributed by atoms with Gasteiger partial charge in [0.25, 0.3) is 11.8 Å². The molecule has 5 N–H and O–H groups in total. The van der Waals surface area contributed by atoms with Crippen molar-refractivity contribution in [1.29, 1.82) is 0 Å². The van der Waals surface area contributed by atoms with Crippen LogP contribution in [0.2, 0.25) is 25.7 Å². The lowest BCUT2D eigenvalue weighted by Gasteiger charge is -2.41. The van der Waals surface area contributed by atoms with Crippen molar-refractivity contribution in [2.24, 2.45) is 5.41 Å². The Morgan fingerprint density at radius 1 is 0.656 bits per heavy atom. The minimum Gasteiger partial charge on any atom is -0.481 e. The monoisotopic (exact) mass is 1350 g/mol. The second kappa shape index (κ2) is 44.1. The number of carbonyl (C=O) groups excluding carboxylic acids is 7. The van der Waals surface area contributed by atoms with Gasteiger partial charge in [0.15, 0.2) is 0 Å². The van der Waals surface area contributed by atoms with Crippen LogP contribution in [0.5, 0.6) is 0 Å². The summed E-state index contributed by atoms with van der Waals surface area (Å²) in [5.74, 6) is -5.23. The molecule has 0 fully saturated rings. The number of alkyl carbamates (subject to hydrolysis) is 1. The molecule has 29 heteroatoms. The molecule has 0 saturated heterocycles. The minimum atomic E-state index is -1.47. The first-order chi connectivity index (χ1) is 44.5. The van der Waals surface area contributed by atoms with Crippen LogP contribution in [0.25, 0.3) is 11.1 Å². The summed E-state index contributed by atoms with van der Waals surface area (Å²) in [4.78, 5) is 104. The topological polar surface area (TPSA) is 299 Å². The van der Waals surface area contributed by atoms with Crippen LogP contribution in [-0.4, -0.2) is 238 Å². The number of amides is 7. The van der Waals surface area contributed by atoms with Gasteiger partial charge in [-0.1, -0.05) is 70.7 Å². The molecule has 3 aromatic rings. The molecule has 518 valence electrons. The highest BCUT2D eigenvalue weighted by atomic mass is 32.2. The maximum atomic E-state index is 15.6. The van der Waals surface area contributed by atoms with E-state index in [-0.39, 0.29) is 174 Å². The van der Waals surface area contributed by atoms with Crippen LogP contribution < -0.4 is 21.3 Å². The van der Waals surface area contributed by atoms with Crippen molar-refractivity contribution in [3.05, 3.63) is 95.8 Å². The molecule has 2 heterocycles. The standard InChI is InChI=1S/C64H95F2N7O18SSi/c1-64(2,3)61(54-41-49(51-42-50(65)13-14-52(51)66)44-71(54)43-48-11-8-7-9-12-48)72(22-10-19-69-63(82)91-39-40-93(4,5)6)59(78)47-92-46-53(62(81)68-21-26-86-30-34-90-38-36-88-32-28-84-24-18-60(79)80)70-55(74)17-23-83-27-31-87-35-37-89-33-29-85-25-20-67-56(75)45-73-57(76)15-16-58(73)77/h7-9,11-16,41-42,44,53,61H,10,17-40,43,45-47H2,1-6H3,(H,67,75)(H,68,81)(H,69,82)(H,70,74)(H,79,80)/t53-,61-/m0/s1. The van der Waals surface area contributed by atoms with E-state index in [0.717, 1.165) is 58.6 Å². The van der Waals surface area contributed by atoms with E-state index < -0.39 is 78.8 Å². The number of halogens is 2. The van der Waals surface area contributed by atoms with Crippen LogP contribution in [0.4, 0.5) is 13.6 Å². The zero-order chi connectivity index (χ0) is 67.9. The number of carboxylic acid groups (broad SMARTS) is 1. The lowest BCUT2D eigenvalue weighted by atomic mass is 9.83. The number of hydrogen-bond donors (Lipinski definition) is 5. The van der Waals surface area contributed by atoms with Crippen molar-refractivity contribution in [2.75, 3.05) is 157 Å². The summed E-state index contributed by atoms with van der Waals surface area (Å²) in [7, 11) is -1.47. The molecule has 1 aliphatic heterocycles. The number of carboxylic acids is 1. The van der Waals surface area contributed by atoms with Gasteiger partial charge >= 0.3 is 12.1 Å². The van der Waals surface area contributed by atoms with E-state index in [4.69, 9.17) is 47.7 Å². The molecular weight excluding hydrogens is 1250 g/mol. The van der Waals surface area contributed by atoms with Crippen LogP contribution in [0.1, 0.15) is 57.3 Å². The number of carbonyl (C=O) groups is 8. The summed E-state index contributed by atoms with van der Waals surface area (Å²) in [6.45, 7) is 16.8. The number of aromatic nitrogens is 1. The first kappa shape index (κ1) is 78.8. The van der Waals surface area contributed by atoms with Gasteiger partial charge in [-0.2, -0.15) is 0 Å². The number of rotatable bonds is 50. The number of aliphatic carboxylic acids is 1. The highest BCUT2D eigenvalue weighted by molar-refractivity contribution is 8.00. The van der Waals surface area contributed by atoms with Gasteiger partial charge in [-0.05, 0) is 47.7 Å². The molecule has 0 unspecified atom stereocenters. The number of hydrogen-bond acceptors (Lipinski definition) is 18. The first-order valence-electron chi connectivity index (χ1n) is 31.2. The second-order valence-electron chi connectivity index (χ2n) is 23.6. The van der Waals surface area contributed by atoms with Gasteiger partial charge in [0.05, 0.1) is 131 Å². The Kier molecular flexibility index (Phi) is 37.3. The van der Waals surface area contributed by atoms with Crippen LogP contribution in [0.15, 0.2) is 72.9 Å². The van der Waals surface area contributed by atoms with E-state index in [1.165, 1.54) is 0 Å². The van der Waals surface area contributed by atoms with E-state index in [2.05, 4.69) is 40.9 Å². The summed E-state index contributed by atoms with van der Waals surface area (Å²) in [5, 5.41) is 19.7. The van der Waals surface area contributed by atoms with Crippen LogP contribution in [0, 0.1) is 17.0 Å². The Labute approximate surface area is 548 Å². The third kappa shape index (κ3) is 33.3. The van der Waals surface area contributed by atoms with Gasteiger partial charge in [-0.25, -0.2) is 13.6 Å². The number of nitrogens with one attached hydrogen (secondary N) is 4. The molecule has 7 amide bonds. The predicted octanol–water partition coefficient (Wildman–Crippen LogP) is 5.22. The highest BCUT2D eigenvalue weighted by Gasteiger charge is 2.38. The van der Waals surface area contributed by atoms with Gasteiger partial charge in [-0.3, -0.25) is 38.5 Å². The van der Waals surface area contributed by atoms with Crippen molar-refractivity contribution < 1.29 is 94.9 Å². The zero-order valence-corrected chi connectivity index (χ0v) is 56.3. The predicted molar refractivity (Wildman–Crippen MR) is 346 cm³/mol. The van der Waals surface area contributed by atoms with Crippen LogP contribution >= 0.6 is 11.8 Å². The average Bonchev–Trinajstić information content (AvgIpc) is 1.68. The molecule has 0 saturated carbocycles. The molecule has 0 bridgehead atoms. The average molecular weight is 1350 g/mol. The molecule has 25 nitrogen and oxygen atoms in total. The number of benzene rings is 2. The molecule has 2 aromatic carbocycles. The molecular formula is C64H95F2N7O18SSi. The lowest BCUT2D eigenvalue weighted by Crippen LogP contribution is -2.49. The first-order valence-corrected chi connectivity index (χ1v) is 36.1. The van der Waals surface area contributed by atoms with Crippen molar-refractivity contribution in [2.45, 2.75) is 84.3 Å². The van der Waals surface area contributed by atoms with Gasteiger partial charge in [0.1, 0.15) is 24.2 Å². The molecule has 0 radical (unpaired) electrons.